The zero-order chi connectivity index (χ0) is 32.3. The lowest BCUT2D eigenvalue weighted by molar-refractivity contribution is 0.669. The van der Waals surface area contributed by atoms with E-state index in [1.54, 1.807) is 0 Å². The molecular weight excluding hydrogens is 615 g/mol. The van der Waals surface area contributed by atoms with Crippen LogP contribution in [0.1, 0.15) is 0 Å². The van der Waals surface area contributed by atoms with E-state index in [0.29, 0.717) is 0 Å². The summed E-state index contributed by atoms with van der Waals surface area (Å²) in [6, 6.07) is 63.1. The van der Waals surface area contributed by atoms with Crippen LogP contribution in [0.5, 0.6) is 0 Å². The third-order valence-corrected chi connectivity index (χ3v) is 10.8. The number of hydrogen-bond acceptors (Lipinski definition) is 3. The highest BCUT2D eigenvalue weighted by Crippen LogP contribution is 2.49. The minimum absolute atomic E-state index is 0.870. The number of benzene rings is 8. The first-order valence-electron chi connectivity index (χ1n) is 16.6. The molecule has 0 spiro atoms. The van der Waals surface area contributed by atoms with E-state index in [4.69, 9.17) is 4.42 Å². The molecule has 0 unspecified atom stereocenters. The smallest absolute Gasteiger partial charge is 0.160 e. The van der Waals surface area contributed by atoms with Gasteiger partial charge in [-0.05, 0) is 64.5 Å². The summed E-state index contributed by atoms with van der Waals surface area (Å²) in [4.78, 5) is 2.40. The molecule has 0 fully saturated rings. The first-order chi connectivity index (χ1) is 24.3. The molecule has 0 atom stereocenters. The molecule has 0 bridgehead atoms. The molecule has 0 saturated carbocycles. The number of para-hydroxylation sites is 1. The van der Waals surface area contributed by atoms with Crippen LogP contribution in [-0.4, -0.2) is 0 Å². The van der Waals surface area contributed by atoms with Crippen molar-refractivity contribution in [2.24, 2.45) is 0 Å². The van der Waals surface area contributed by atoms with Gasteiger partial charge in [0.05, 0.1) is 11.4 Å². The van der Waals surface area contributed by atoms with Crippen molar-refractivity contribution in [1.82, 2.24) is 0 Å². The first-order valence-corrected chi connectivity index (χ1v) is 17.4. The van der Waals surface area contributed by atoms with Gasteiger partial charge in [-0.15, -0.1) is 11.3 Å². The average Bonchev–Trinajstić information content (AvgIpc) is 3.75. The van der Waals surface area contributed by atoms with Crippen molar-refractivity contribution in [3.05, 3.63) is 176 Å². The van der Waals surface area contributed by atoms with Crippen LogP contribution in [0.25, 0.3) is 75.1 Å². The van der Waals surface area contributed by atoms with Crippen molar-refractivity contribution in [1.29, 1.82) is 0 Å². The highest BCUT2D eigenvalue weighted by Gasteiger charge is 2.25. The fraction of sp³-hybridized carbons (Fsp3) is 0. The van der Waals surface area contributed by atoms with Crippen LogP contribution in [0.2, 0.25) is 0 Å². The topological polar surface area (TPSA) is 16.4 Å². The summed E-state index contributed by atoms with van der Waals surface area (Å²) in [6.07, 6.45) is 0. The van der Waals surface area contributed by atoms with Crippen LogP contribution in [0.4, 0.5) is 17.1 Å². The zero-order valence-corrected chi connectivity index (χ0v) is 27.3. The first kappa shape index (κ1) is 27.9. The summed E-state index contributed by atoms with van der Waals surface area (Å²) in [7, 11) is 0. The molecule has 2 heterocycles. The van der Waals surface area contributed by atoms with E-state index in [2.05, 4.69) is 175 Å². The molecule has 8 aromatic carbocycles. The monoisotopic (exact) mass is 643 g/mol. The second kappa shape index (κ2) is 11.2. The molecule has 0 amide bonds. The second-order valence-electron chi connectivity index (χ2n) is 12.5. The third-order valence-electron chi connectivity index (χ3n) is 9.68. The molecule has 0 aliphatic rings. The van der Waals surface area contributed by atoms with Gasteiger partial charge in [0.1, 0.15) is 5.58 Å². The van der Waals surface area contributed by atoms with E-state index in [-0.39, 0.29) is 0 Å². The van der Waals surface area contributed by atoms with E-state index in [9.17, 15) is 0 Å². The molecule has 0 aliphatic heterocycles. The van der Waals surface area contributed by atoms with E-state index in [0.717, 1.165) is 50.1 Å². The number of thiophene rings is 1. The van der Waals surface area contributed by atoms with Crippen LogP contribution in [0.15, 0.2) is 180 Å². The molecule has 10 aromatic rings. The summed E-state index contributed by atoms with van der Waals surface area (Å²) in [6.45, 7) is 0. The number of anilines is 3. The normalized spacial score (nSPS) is 11.7. The molecular formula is C46H29NOS. The van der Waals surface area contributed by atoms with Crippen molar-refractivity contribution in [2.75, 3.05) is 4.90 Å². The van der Waals surface area contributed by atoms with Gasteiger partial charge < -0.3 is 9.32 Å². The molecule has 0 radical (unpaired) electrons. The van der Waals surface area contributed by atoms with Gasteiger partial charge in [-0.25, -0.2) is 0 Å². The predicted octanol–water partition coefficient (Wildman–Crippen LogP) is 13.9. The van der Waals surface area contributed by atoms with Gasteiger partial charge >= 0.3 is 0 Å². The van der Waals surface area contributed by atoms with Crippen LogP contribution in [-0.2, 0) is 0 Å². The Bertz CT molecular complexity index is 2820. The Kier molecular flexibility index (Phi) is 6.39. The maximum Gasteiger partial charge on any atom is 0.160 e. The molecule has 3 heteroatoms. The van der Waals surface area contributed by atoms with Gasteiger partial charge in [-0.2, -0.15) is 0 Å². The molecule has 49 heavy (non-hydrogen) atoms. The Hall–Kier alpha value is -6.16. The van der Waals surface area contributed by atoms with Crippen molar-refractivity contribution >= 4 is 81.3 Å². The molecule has 10 rings (SSSR count). The van der Waals surface area contributed by atoms with Crippen LogP contribution < -0.4 is 4.90 Å². The standard InChI is InChI=1S/C46H29NOS/c1-2-12-31(13-3-1)36-28-29-38-37-17-6-8-21-41(37)48-46(38)45(36)47(40-20-10-15-30-14-4-5-16-34(30)40)33-26-24-32(25-27-33)35-19-11-23-43-44(35)39-18-7-9-22-42(39)49-43/h1-29H. The Morgan fingerprint density at radius 1 is 0.429 bits per heavy atom. The molecule has 2 nitrogen and oxygen atoms in total. The van der Waals surface area contributed by atoms with Crippen LogP contribution in [0, 0.1) is 0 Å². The summed E-state index contributed by atoms with van der Waals surface area (Å²) in [5, 5.41) is 7.21. The predicted molar refractivity (Wildman–Crippen MR) is 210 cm³/mol. The fourth-order valence-electron chi connectivity index (χ4n) is 7.44. The lowest BCUT2D eigenvalue weighted by Crippen LogP contribution is -2.12. The number of fused-ring (bicyclic) bond motifs is 7. The Morgan fingerprint density at radius 2 is 1.10 bits per heavy atom. The minimum Gasteiger partial charge on any atom is -0.454 e. The van der Waals surface area contributed by atoms with Crippen molar-refractivity contribution in [3.63, 3.8) is 0 Å². The van der Waals surface area contributed by atoms with Gasteiger partial charge in [0.25, 0.3) is 0 Å². The molecule has 230 valence electrons. The molecule has 0 N–H and O–H groups in total. The number of hydrogen-bond donors (Lipinski definition) is 0. The third kappa shape index (κ3) is 4.47. The van der Waals surface area contributed by atoms with Crippen molar-refractivity contribution in [3.8, 4) is 22.3 Å². The zero-order valence-electron chi connectivity index (χ0n) is 26.5. The minimum atomic E-state index is 0.870. The molecule has 2 aromatic heterocycles. The van der Waals surface area contributed by atoms with E-state index >= 15 is 0 Å². The van der Waals surface area contributed by atoms with Crippen LogP contribution in [0.3, 0.4) is 0 Å². The molecule has 0 aliphatic carbocycles. The SMILES string of the molecule is c1ccc(-c2ccc3c(oc4ccccc43)c2N(c2ccc(-c3cccc4sc5ccccc5c34)cc2)c2cccc3ccccc23)cc1. The summed E-state index contributed by atoms with van der Waals surface area (Å²) in [5.41, 5.74) is 9.63. The number of furan rings is 1. The van der Waals surface area contributed by atoms with E-state index < -0.39 is 0 Å². The average molecular weight is 644 g/mol. The Labute approximate surface area is 287 Å². The maximum atomic E-state index is 6.81. The lowest BCUT2D eigenvalue weighted by Gasteiger charge is -2.29. The van der Waals surface area contributed by atoms with E-state index in [1.165, 1.54) is 42.1 Å². The lowest BCUT2D eigenvalue weighted by atomic mass is 9.97. The summed E-state index contributed by atoms with van der Waals surface area (Å²) < 4.78 is 9.44. The number of rotatable bonds is 5. The Morgan fingerprint density at radius 3 is 1.98 bits per heavy atom. The second-order valence-corrected chi connectivity index (χ2v) is 13.5. The quantitative estimate of drug-likeness (QED) is 0.186. The maximum absolute atomic E-state index is 6.81. The number of nitrogens with zero attached hydrogens (tertiary/aromatic N) is 1. The van der Waals surface area contributed by atoms with Crippen LogP contribution >= 0.6 is 11.3 Å². The summed E-state index contributed by atoms with van der Waals surface area (Å²) >= 11 is 1.86. The van der Waals surface area contributed by atoms with Crippen molar-refractivity contribution < 1.29 is 4.42 Å². The van der Waals surface area contributed by atoms with Gasteiger partial charge in [0.2, 0.25) is 0 Å². The van der Waals surface area contributed by atoms with Crippen molar-refractivity contribution in [2.45, 2.75) is 0 Å². The largest absolute Gasteiger partial charge is 0.454 e. The summed E-state index contributed by atoms with van der Waals surface area (Å²) in [5.74, 6) is 0. The van der Waals surface area contributed by atoms with Gasteiger partial charge in [-0.3, -0.25) is 0 Å². The van der Waals surface area contributed by atoms with Gasteiger partial charge in [0.15, 0.2) is 5.58 Å². The van der Waals surface area contributed by atoms with Gasteiger partial charge in [-0.1, -0.05) is 133 Å². The highest BCUT2D eigenvalue weighted by molar-refractivity contribution is 7.25. The van der Waals surface area contributed by atoms with E-state index in [1.807, 2.05) is 17.4 Å². The Balaban J connectivity index is 1.26. The fourth-order valence-corrected chi connectivity index (χ4v) is 8.58. The molecule has 0 saturated heterocycles. The highest BCUT2D eigenvalue weighted by atomic mass is 32.1. The van der Waals surface area contributed by atoms with Gasteiger partial charge in [0, 0.05) is 47.6 Å².